The Morgan fingerprint density at radius 1 is 0.459 bits per heavy atom. The molecule has 0 aliphatic carbocycles. The summed E-state index contributed by atoms with van der Waals surface area (Å²) in [4.78, 5) is 2.15. The fourth-order valence-corrected chi connectivity index (χ4v) is 4.97. The van der Waals surface area contributed by atoms with Crippen molar-refractivity contribution in [2.45, 2.75) is 0 Å². The number of nitriles is 2. The molecule has 0 radical (unpaired) electrons. The number of benzene rings is 5. The largest absolute Gasteiger partial charge is 0.456 e. The van der Waals surface area contributed by atoms with E-state index in [1.165, 1.54) is 0 Å². The molecule has 0 N–H and O–H groups in total. The van der Waals surface area contributed by atoms with E-state index in [0.717, 1.165) is 49.8 Å². The Morgan fingerprint density at radius 3 is 1.35 bits per heavy atom. The topological polar surface area (TPSA) is 77.1 Å². The summed E-state index contributed by atoms with van der Waals surface area (Å²) in [5.41, 5.74) is 6.87. The Labute approximate surface area is 211 Å². The number of nitrogens with zero attached hydrogens (tertiary/aromatic N) is 3. The van der Waals surface area contributed by atoms with E-state index < -0.39 is 0 Å². The van der Waals surface area contributed by atoms with Crippen LogP contribution in [-0.2, 0) is 0 Å². The highest BCUT2D eigenvalue weighted by atomic mass is 16.3. The fraction of sp³-hybridized carbons (Fsp3) is 0. The zero-order valence-electron chi connectivity index (χ0n) is 19.5. The molecule has 0 atom stereocenters. The van der Waals surface area contributed by atoms with Crippen molar-refractivity contribution in [1.82, 2.24) is 0 Å². The van der Waals surface area contributed by atoms with Gasteiger partial charge in [0, 0.05) is 50.7 Å². The molecule has 172 valence electrons. The van der Waals surface area contributed by atoms with Gasteiger partial charge in [-0.2, -0.15) is 10.5 Å². The second kappa shape index (κ2) is 8.02. The molecule has 0 aliphatic heterocycles. The second-order valence-corrected chi connectivity index (χ2v) is 8.88. The Morgan fingerprint density at radius 2 is 0.892 bits per heavy atom. The Kier molecular flexibility index (Phi) is 4.51. The van der Waals surface area contributed by atoms with Gasteiger partial charge in [0.1, 0.15) is 22.3 Å². The van der Waals surface area contributed by atoms with Gasteiger partial charge < -0.3 is 13.7 Å². The van der Waals surface area contributed by atoms with Gasteiger partial charge >= 0.3 is 0 Å². The first-order valence-electron chi connectivity index (χ1n) is 11.8. The third kappa shape index (κ3) is 3.31. The minimum absolute atomic E-state index is 0.568. The first kappa shape index (κ1) is 20.8. The molecule has 0 saturated heterocycles. The van der Waals surface area contributed by atoms with Gasteiger partial charge in [-0.25, -0.2) is 0 Å². The van der Waals surface area contributed by atoms with Gasteiger partial charge in [0.05, 0.1) is 23.3 Å². The minimum atomic E-state index is 0.568. The molecule has 0 spiro atoms. The van der Waals surface area contributed by atoms with Crippen LogP contribution in [0.3, 0.4) is 0 Å². The molecule has 37 heavy (non-hydrogen) atoms. The van der Waals surface area contributed by atoms with E-state index in [-0.39, 0.29) is 0 Å². The highest BCUT2D eigenvalue weighted by Gasteiger charge is 2.17. The summed E-state index contributed by atoms with van der Waals surface area (Å²) in [6.07, 6.45) is 0. The van der Waals surface area contributed by atoms with Crippen molar-refractivity contribution in [3.05, 3.63) is 114 Å². The summed E-state index contributed by atoms with van der Waals surface area (Å²) in [6.45, 7) is 0. The Balaban J connectivity index is 1.42. The zero-order valence-corrected chi connectivity index (χ0v) is 19.5. The van der Waals surface area contributed by atoms with E-state index in [0.29, 0.717) is 22.3 Å². The first-order valence-corrected chi connectivity index (χ1v) is 11.8. The number of fused-ring (bicyclic) bond motifs is 6. The van der Waals surface area contributed by atoms with Crippen molar-refractivity contribution in [3.63, 3.8) is 0 Å². The molecule has 0 saturated carbocycles. The molecule has 0 bridgehead atoms. The molecule has 2 aromatic heterocycles. The van der Waals surface area contributed by atoms with Crippen molar-refractivity contribution < 1.29 is 8.83 Å². The lowest BCUT2D eigenvalue weighted by molar-refractivity contribution is 0.669. The standard InChI is InChI=1S/C32H17N3O2/c33-18-20-6-10-25-27-12-8-23(16-31(27)36-29(25)14-20)35(22-4-2-1-3-5-22)24-9-13-28-26-11-7-21(19-34)15-30(26)37-32(28)17-24/h1-17H. The number of hydrogen-bond donors (Lipinski definition) is 0. The maximum Gasteiger partial charge on any atom is 0.137 e. The van der Waals surface area contributed by atoms with E-state index in [2.05, 4.69) is 53.4 Å². The smallest absolute Gasteiger partial charge is 0.137 e. The summed E-state index contributed by atoms with van der Waals surface area (Å²) in [5, 5.41) is 22.5. The van der Waals surface area contributed by atoms with Gasteiger partial charge in [-0.15, -0.1) is 0 Å². The molecule has 0 fully saturated rings. The normalized spacial score (nSPS) is 11.2. The highest BCUT2D eigenvalue weighted by Crippen LogP contribution is 2.40. The van der Waals surface area contributed by atoms with Crippen LogP contribution >= 0.6 is 0 Å². The number of hydrogen-bond acceptors (Lipinski definition) is 5. The van der Waals surface area contributed by atoms with Gasteiger partial charge in [0.15, 0.2) is 0 Å². The van der Waals surface area contributed by atoms with Crippen molar-refractivity contribution >= 4 is 60.9 Å². The van der Waals surface area contributed by atoms with Crippen LogP contribution in [0.15, 0.2) is 112 Å². The minimum Gasteiger partial charge on any atom is -0.456 e. The van der Waals surface area contributed by atoms with Crippen LogP contribution in [-0.4, -0.2) is 0 Å². The van der Waals surface area contributed by atoms with E-state index in [1.807, 2.05) is 54.6 Å². The van der Waals surface area contributed by atoms with Crippen LogP contribution in [0.5, 0.6) is 0 Å². The SMILES string of the molecule is N#Cc1ccc2c(c1)oc1cc(N(c3ccccc3)c3ccc4c(c3)oc3cc(C#N)ccc34)ccc12. The lowest BCUT2D eigenvalue weighted by atomic mass is 10.1. The van der Waals surface area contributed by atoms with Crippen LogP contribution in [0.1, 0.15) is 11.1 Å². The molecule has 0 unspecified atom stereocenters. The van der Waals surface area contributed by atoms with Gasteiger partial charge in [-0.3, -0.25) is 0 Å². The highest BCUT2D eigenvalue weighted by molar-refractivity contribution is 6.08. The molecule has 5 nitrogen and oxygen atoms in total. The molecule has 2 heterocycles. The Bertz CT molecular complexity index is 1940. The van der Waals surface area contributed by atoms with Crippen LogP contribution in [0.2, 0.25) is 0 Å². The van der Waals surface area contributed by atoms with Gasteiger partial charge in [0.2, 0.25) is 0 Å². The van der Waals surface area contributed by atoms with E-state index in [1.54, 1.807) is 12.1 Å². The van der Waals surface area contributed by atoms with Crippen molar-refractivity contribution in [2.24, 2.45) is 0 Å². The van der Waals surface area contributed by atoms with Crippen LogP contribution < -0.4 is 4.90 Å². The van der Waals surface area contributed by atoms with Crippen molar-refractivity contribution in [2.75, 3.05) is 4.90 Å². The quantitative estimate of drug-likeness (QED) is 0.255. The van der Waals surface area contributed by atoms with Gasteiger partial charge in [-0.05, 0) is 72.8 Å². The number of furan rings is 2. The number of para-hydroxylation sites is 1. The van der Waals surface area contributed by atoms with Crippen LogP contribution in [0.4, 0.5) is 17.1 Å². The van der Waals surface area contributed by atoms with E-state index in [4.69, 9.17) is 8.83 Å². The first-order chi connectivity index (χ1) is 18.2. The number of rotatable bonds is 3. The third-order valence-electron chi connectivity index (χ3n) is 6.70. The van der Waals surface area contributed by atoms with Gasteiger partial charge in [-0.1, -0.05) is 18.2 Å². The lowest BCUT2D eigenvalue weighted by Gasteiger charge is -2.25. The number of anilines is 3. The molecular formula is C32H17N3O2. The predicted octanol–water partition coefficient (Wildman–Crippen LogP) is 8.70. The summed E-state index contributed by atoms with van der Waals surface area (Å²) < 4.78 is 12.3. The maximum absolute atomic E-state index is 9.27. The third-order valence-corrected chi connectivity index (χ3v) is 6.70. The molecule has 0 amide bonds. The van der Waals surface area contributed by atoms with Crippen LogP contribution in [0, 0.1) is 22.7 Å². The monoisotopic (exact) mass is 475 g/mol. The summed E-state index contributed by atoms with van der Waals surface area (Å²) in [7, 11) is 0. The van der Waals surface area contributed by atoms with E-state index >= 15 is 0 Å². The van der Waals surface area contributed by atoms with Crippen molar-refractivity contribution in [3.8, 4) is 12.1 Å². The van der Waals surface area contributed by atoms with E-state index in [9.17, 15) is 10.5 Å². The van der Waals surface area contributed by atoms with Gasteiger partial charge in [0.25, 0.3) is 0 Å². The second-order valence-electron chi connectivity index (χ2n) is 8.88. The average Bonchev–Trinajstić information content (AvgIpc) is 3.49. The molecule has 7 rings (SSSR count). The Hall–Kier alpha value is -5.52. The maximum atomic E-state index is 9.27. The van der Waals surface area contributed by atoms with Crippen molar-refractivity contribution in [1.29, 1.82) is 10.5 Å². The molecule has 7 aromatic rings. The summed E-state index contributed by atoms with van der Waals surface area (Å²) in [5.74, 6) is 0. The molecule has 5 heteroatoms. The lowest BCUT2D eigenvalue weighted by Crippen LogP contribution is -2.09. The average molecular weight is 476 g/mol. The molecular weight excluding hydrogens is 458 g/mol. The predicted molar refractivity (Wildman–Crippen MR) is 145 cm³/mol. The van der Waals surface area contributed by atoms with Crippen LogP contribution in [0.25, 0.3) is 43.9 Å². The summed E-state index contributed by atoms with van der Waals surface area (Å²) >= 11 is 0. The zero-order chi connectivity index (χ0) is 24.9. The molecule has 5 aromatic carbocycles. The molecule has 0 aliphatic rings. The fourth-order valence-electron chi connectivity index (χ4n) is 4.97. The summed E-state index contributed by atoms with van der Waals surface area (Å²) in [6, 6.07) is 37.8.